The molecule has 3 aromatic carbocycles. The topological polar surface area (TPSA) is 33.6 Å². The van der Waals surface area contributed by atoms with Gasteiger partial charge in [-0.15, -0.1) is 0 Å². The van der Waals surface area contributed by atoms with E-state index in [1.807, 2.05) is 66.7 Å². The second-order valence-electron chi connectivity index (χ2n) is 7.15. The van der Waals surface area contributed by atoms with Gasteiger partial charge >= 0.3 is 0 Å². The zero-order chi connectivity index (χ0) is 18.4. The van der Waals surface area contributed by atoms with Crippen LogP contribution >= 0.6 is 0 Å². The van der Waals surface area contributed by atoms with Crippen LogP contribution < -0.4 is 10.2 Å². The van der Waals surface area contributed by atoms with E-state index >= 15 is 0 Å². The highest BCUT2D eigenvalue weighted by Crippen LogP contribution is 2.29. The zero-order valence-corrected chi connectivity index (χ0v) is 15.4. The number of nitrogens with zero attached hydrogens (tertiary/aromatic N) is 1. The lowest BCUT2D eigenvalue weighted by Crippen LogP contribution is -2.10. The normalized spacial score (nSPS) is 11.5. The van der Waals surface area contributed by atoms with Gasteiger partial charge in [0.05, 0.1) is 11.9 Å². The van der Waals surface area contributed by atoms with Crippen LogP contribution in [0, 0.1) is 0 Å². The Labute approximate surface area is 155 Å². The Morgan fingerprint density at radius 1 is 0.846 bits per heavy atom. The van der Waals surface area contributed by atoms with Crippen molar-refractivity contribution in [1.29, 1.82) is 0 Å². The largest absolute Gasteiger partial charge is 0.457 e. The van der Waals surface area contributed by atoms with E-state index in [1.165, 1.54) is 5.56 Å². The molecule has 0 aliphatic rings. The molecule has 3 aromatic rings. The highest BCUT2D eigenvalue weighted by molar-refractivity contribution is 5.84. The summed E-state index contributed by atoms with van der Waals surface area (Å²) in [6.45, 7) is 6.59. The number of ether oxygens (including phenoxy) is 1. The van der Waals surface area contributed by atoms with Crippen molar-refractivity contribution in [2.24, 2.45) is 5.10 Å². The van der Waals surface area contributed by atoms with Crippen LogP contribution in [-0.2, 0) is 5.41 Å². The standard InChI is InChI=1S/C23H24N2O/c1-23(2,3)19-11-9-14-21(16-19)26-22-15-8-7-10-18(22)17-24-25-20-12-5-4-6-13-20/h4-17,25H,1-3H3. The minimum absolute atomic E-state index is 0.0833. The predicted octanol–water partition coefficient (Wildman–Crippen LogP) is 6.22. The third kappa shape index (κ3) is 4.73. The molecule has 26 heavy (non-hydrogen) atoms. The van der Waals surface area contributed by atoms with Crippen LogP contribution in [-0.4, -0.2) is 6.21 Å². The average Bonchev–Trinajstić information content (AvgIpc) is 2.64. The van der Waals surface area contributed by atoms with Crippen molar-refractivity contribution in [3.05, 3.63) is 90.0 Å². The van der Waals surface area contributed by atoms with E-state index in [4.69, 9.17) is 4.74 Å². The second-order valence-corrected chi connectivity index (χ2v) is 7.15. The van der Waals surface area contributed by atoms with Gasteiger partial charge in [-0.05, 0) is 47.4 Å². The van der Waals surface area contributed by atoms with E-state index in [-0.39, 0.29) is 5.41 Å². The molecule has 0 aromatic heterocycles. The molecule has 0 unspecified atom stereocenters. The molecule has 0 amide bonds. The lowest BCUT2D eigenvalue weighted by Gasteiger charge is -2.20. The van der Waals surface area contributed by atoms with Gasteiger partial charge in [0.2, 0.25) is 0 Å². The number of benzene rings is 3. The summed E-state index contributed by atoms with van der Waals surface area (Å²) >= 11 is 0. The third-order valence-electron chi connectivity index (χ3n) is 4.02. The van der Waals surface area contributed by atoms with Crippen molar-refractivity contribution in [1.82, 2.24) is 0 Å². The van der Waals surface area contributed by atoms with E-state index in [9.17, 15) is 0 Å². The first-order valence-corrected chi connectivity index (χ1v) is 8.74. The molecule has 0 fully saturated rings. The number of rotatable bonds is 5. The summed E-state index contributed by atoms with van der Waals surface area (Å²) in [5.74, 6) is 1.60. The molecule has 3 nitrogen and oxygen atoms in total. The summed E-state index contributed by atoms with van der Waals surface area (Å²) in [6.07, 6.45) is 1.77. The van der Waals surface area contributed by atoms with Gasteiger partial charge in [-0.1, -0.05) is 63.2 Å². The highest BCUT2D eigenvalue weighted by atomic mass is 16.5. The fraction of sp³-hybridized carbons (Fsp3) is 0.174. The van der Waals surface area contributed by atoms with Crippen LogP contribution in [0.3, 0.4) is 0 Å². The molecule has 0 saturated carbocycles. The second kappa shape index (κ2) is 7.87. The summed E-state index contributed by atoms with van der Waals surface area (Å²) < 4.78 is 6.13. The molecule has 0 heterocycles. The third-order valence-corrected chi connectivity index (χ3v) is 4.02. The Kier molecular flexibility index (Phi) is 5.37. The van der Waals surface area contributed by atoms with Gasteiger partial charge in [-0.25, -0.2) is 0 Å². The molecule has 0 saturated heterocycles. The lowest BCUT2D eigenvalue weighted by atomic mass is 9.87. The summed E-state index contributed by atoms with van der Waals surface area (Å²) in [5.41, 5.74) is 6.21. The van der Waals surface area contributed by atoms with Crippen LogP contribution in [0.25, 0.3) is 0 Å². The van der Waals surface area contributed by atoms with E-state index in [1.54, 1.807) is 6.21 Å². The molecular formula is C23H24N2O. The monoisotopic (exact) mass is 344 g/mol. The molecular weight excluding hydrogens is 320 g/mol. The Morgan fingerprint density at radius 3 is 2.35 bits per heavy atom. The summed E-state index contributed by atoms with van der Waals surface area (Å²) in [7, 11) is 0. The van der Waals surface area contributed by atoms with Crippen molar-refractivity contribution in [3.8, 4) is 11.5 Å². The maximum atomic E-state index is 6.13. The van der Waals surface area contributed by atoms with Gasteiger partial charge in [0.25, 0.3) is 0 Å². The molecule has 0 radical (unpaired) electrons. The van der Waals surface area contributed by atoms with Crippen molar-refractivity contribution >= 4 is 11.9 Å². The van der Waals surface area contributed by atoms with E-state index in [0.717, 1.165) is 22.7 Å². The maximum Gasteiger partial charge on any atom is 0.136 e. The molecule has 3 heteroatoms. The van der Waals surface area contributed by atoms with Gasteiger partial charge in [0.1, 0.15) is 11.5 Å². The van der Waals surface area contributed by atoms with Crippen LogP contribution in [0.15, 0.2) is 84.0 Å². The maximum absolute atomic E-state index is 6.13. The average molecular weight is 344 g/mol. The molecule has 0 aliphatic carbocycles. The van der Waals surface area contributed by atoms with Gasteiger partial charge in [-0.2, -0.15) is 5.10 Å². The highest BCUT2D eigenvalue weighted by Gasteiger charge is 2.14. The van der Waals surface area contributed by atoms with Crippen molar-refractivity contribution in [3.63, 3.8) is 0 Å². The first-order valence-electron chi connectivity index (χ1n) is 8.74. The fourth-order valence-electron chi connectivity index (χ4n) is 2.52. The van der Waals surface area contributed by atoms with E-state index in [0.29, 0.717) is 0 Å². The number of hydrogen-bond donors (Lipinski definition) is 1. The molecule has 0 aliphatic heterocycles. The fourth-order valence-corrected chi connectivity index (χ4v) is 2.52. The number of hydrogen-bond acceptors (Lipinski definition) is 3. The van der Waals surface area contributed by atoms with Crippen LogP contribution in [0.2, 0.25) is 0 Å². The Bertz CT molecular complexity index is 880. The SMILES string of the molecule is CC(C)(C)c1cccc(Oc2ccccc2C=NNc2ccccc2)c1. The van der Waals surface area contributed by atoms with Gasteiger partial charge in [-0.3, -0.25) is 5.43 Å². The van der Waals surface area contributed by atoms with Crippen molar-refractivity contribution < 1.29 is 4.74 Å². The molecule has 0 atom stereocenters. The first kappa shape index (κ1) is 17.7. The van der Waals surface area contributed by atoms with Crippen LogP contribution in [0.5, 0.6) is 11.5 Å². The first-order chi connectivity index (χ1) is 12.5. The van der Waals surface area contributed by atoms with Gasteiger partial charge in [0.15, 0.2) is 0 Å². The van der Waals surface area contributed by atoms with Gasteiger partial charge in [0, 0.05) is 5.56 Å². The van der Waals surface area contributed by atoms with Crippen molar-refractivity contribution in [2.75, 3.05) is 5.43 Å². The van der Waals surface area contributed by atoms with Crippen LogP contribution in [0.4, 0.5) is 5.69 Å². The minimum Gasteiger partial charge on any atom is -0.457 e. The minimum atomic E-state index is 0.0833. The number of anilines is 1. The summed E-state index contributed by atoms with van der Waals surface area (Å²) in [4.78, 5) is 0. The Morgan fingerprint density at radius 2 is 1.58 bits per heavy atom. The molecule has 132 valence electrons. The quantitative estimate of drug-likeness (QED) is 0.440. The lowest BCUT2D eigenvalue weighted by molar-refractivity contribution is 0.478. The van der Waals surface area contributed by atoms with E-state index < -0.39 is 0 Å². The van der Waals surface area contributed by atoms with Crippen LogP contribution in [0.1, 0.15) is 31.9 Å². The van der Waals surface area contributed by atoms with E-state index in [2.05, 4.69) is 43.4 Å². The molecule has 0 spiro atoms. The Balaban J connectivity index is 1.77. The molecule has 0 bridgehead atoms. The number of nitrogens with one attached hydrogen (secondary N) is 1. The Hall–Kier alpha value is -3.07. The zero-order valence-electron chi connectivity index (χ0n) is 15.4. The number of hydrazone groups is 1. The predicted molar refractivity (Wildman–Crippen MR) is 109 cm³/mol. The van der Waals surface area contributed by atoms with Gasteiger partial charge < -0.3 is 4.74 Å². The molecule has 1 N–H and O–H groups in total. The number of para-hydroxylation sites is 2. The summed E-state index contributed by atoms with van der Waals surface area (Å²) in [5, 5.41) is 4.32. The van der Waals surface area contributed by atoms with Crippen molar-refractivity contribution in [2.45, 2.75) is 26.2 Å². The molecule has 3 rings (SSSR count). The smallest absolute Gasteiger partial charge is 0.136 e. The summed E-state index contributed by atoms with van der Waals surface area (Å²) in [6, 6.07) is 26.0.